The average Bonchev–Trinajstić information content (AvgIpc) is 2.53. The third kappa shape index (κ3) is 1.76. The summed E-state index contributed by atoms with van der Waals surface area (Å²) in [5.74, 6) is 0.686. The van der Waals surface area contributed by atoms with Crippen molar-refractivity contribution >= 4 is 28.7 Å². The molecular formula is C8H6N2OS2. The molecule has 0 fully saturated rings. The summed E-state index contributed by atoms with van der Waals surface area (Å²) in [6.45, 7) is 0. The largest absolute Gasteiger partial charge is 0.463 e. The molecule has 2 heterocycles. The molecule has 0 unspecified atom stereocenters. The van der Waals surface area contributed by atoms with E-state index in [4.69, 9.17) is 22.4 Å². The minimum Gasteiger partial charge on any atom is -0.463 e. The van der Waals surface area contributed by atoms with Crippen molar-refractivity contribution in [1.82, 2.24) is 4.98 Å². The maximum atomic E-state index is 5.56. The minimum absolute atomic E-state index is 0.457. The Bertz CT molecular complexity index is 461. The molecule has 0 atom stereocenters. The first-order valence-corrected chi connectivity index (χ1v) is 4.80. The lowest BCUT2D eigenvalue weighted by atomic mass is 10.3. The van der Waals surface area contributed by atoms with E-state index in [0.717, 1.165) is 0 Å². The number of furan rings is 1. The summed E-state index contributed by atoms with van der Waals surface area (Å²) in [6, 6.07) is 5.39. The molecule has 0 aliphatic rings. The zero-order valence-corrected chi connectivity index (χ0v) is 8.19. The highest BCUT2D eigenvalue weighted by molar-refractivity contribution is 7.73. The highest BCUT2D eigenvalue weighted by atomic mass is 32.1. The molecule has 0 saturated carbocycles. The molecule has 5 heteroatoms. The fourth-order valence-corrected chi connectivity index (χ4v) is 1.86. The number of hydrogen-bond donors (Lipinski definition) is 1. The highest BCUT2D eigenvalue weighted by Gasteiger charge is 2.02. The van der Waals surface area contributed by atoms with E-state index >= 15 is 0 Å². The summed E-state index contributed by atoms with van der Waals surface area (Å²) in [5, 5.41) is 0.457. The number of nitrogens with two attached hydrogens (primary N) is 1. The molecule has 0 aliphatic heterocycles. The fraction of sp³-hybridized carbons (Fsp3) is 0. The molecule has 0 radical (unpaired) electrons. The monoisotopic (exact) mass is 210 g/mol. The van der Waals surface area contributed by atoms with Gasteiger partial charge < -0.3 is 10.2 Å². The van der Waals surface area contributed by atoms with Crippen LogP contribution in [0, 0.1) is 3.82 Å². The van der Waals surface area contributed by atoms with Gasteiger partial charge in [0.25, 0.3) is 0 Å². The van der Waals surface area contributed by atoms with Crippen molar-refractivity contribution in [3.8, 4) is 11.5 Å². The molecular weight excluding hydrogens is 204 g/mol. The normalized spacial score (nSPS) is 10.2. The van der Waals surface area contributed by atoms with Crippen LogP contribution in [0.1, 0.15) is 0 Å². The van der Waals surface area contributed by atoms with E-state index < -0.39 is 0 Å². The first-order chi connectivity index (χ1) is 6.25. The first-order valence-electron chi connectivity index (χ1n) is 3.57. The summed E-state index contributed by atoms with van der Waals surface area (Å²) >= 11 is 6.30. The van der Waals surface area contributed by atoms with Crippen molar-refractivity contribution in [2.45, 2.75) is 0 Å². The van der Waals surface area contributed by atoms with Gasteiger partial charge in [0, 0.05) is 0 Å². The molecule has 0 saturated heterocycles. The Morgan fingerprint density at radius 1 is 1.54 bits per heavy atom. The fourth-order valence-electron chi connectivity index (χ4n) is 0.969. The summed E-state index contributed by atoms with van der Waals surface area (Å²) in [5.41, 5.74) is 6.25. The zero-order chi connectivity index (χ0) is 9.26. The van der Waals surface area contributed by atoms with E-state index in [1.165, 1.54) is 11.3 Å². The number of anilines is 1. The van der Waals surface area contributed by atoms with Gasteiger partial charge >= 0.3 is 0 Å². The second-order valence-electron chi connectivity index (χ2n) is 2.38. The Morgan fingerprint density at radius 2 is 2.38 bits per heavy atom. The lowest BCUT2D eigenvalue weighted by Gasteiger charge is -1.95. The van der Waals surface area contributed by atoms with Crippen LogP contribution in [-0.4, -0.2) is 4.98 Å². The van der Waals surface area contributed by atoms with Gasteiger partial charge in [0.15, 0.2) is 10.9 Å². The molecule has 0 amide bonds. The van der Waals surface area contributed by atoms with Crippen molar-refractivity contribution in [2.24, 2.45) is 0 Å². The van der Waals surface area contributed by atoms with Crippen LogP contribution in [0.25, 0.3) is 11.5 Å². The quantitative estimate of drug-likeness (QED) is 0.735. The number of rotatable bonds is 1. The smallest absolute Gasteiger partial charge is 0.181 e. The standard InChI is InChI=1S/C8H6N2OS2/c9-8-10-5(4-7(12)13-8)6-2-1-3-11-6/h1-4H,(H2,9,10). The van der Waals surface area contributed by atoms with Crippen molar-refractivity contribution in [2.75, 3.05) is 5.73 Å². The van der Waals surface area contributed by atoms with Gasteiger partial charge in [-0.1, -0.05) is 23.6 Å². The second-order valence-corrected chi connectivity index (χ2v) is 4.14. The second kappa shape index (κ2) is 3.27. The van der Waals surface area contributed by atoms with Gasteiger partial charge in [-0.05, 0) is 18.2 Å². The van der Waals surface area contributed by atoms with E-state index in [1.54, 1.807) is 18.4 Å². The Labute approximate surface area is 83.9 Å². The molecule has 2 aromatic rings. The van der Waals surface area contributed by atoms with Crippen LogP contribution < -0.4 is 5.73 Å². The van der Waals surface area contributed by atoms with Crippen LogP contribution in [-0.2, 0) is 0 Å². The number of nitrogen functional groups attached to an aromatic ring is 1. The summed E-state index contributed by atoms with van der Waals surface area (Å²) in [4.78, 5) is 4.11. The minimum atomic E-state index is 0.457. The molecule has 66 valence electrons. The van der Waals surface area contributed by atoms with Gasteiger partial charge in [-0.3, -0.25) is 0 Å². The molecule has 0 spiro atoms. The Kier molecular flexibility index (Phi) is 2.12. The van der Waals surface area contributed by atoms with Crippen molar-refractivity contribution in [3.05, 3.63) is 28.3 Å². The van der Waals surface area contributed by atoms with Crippen LogP contribution in [0.4, 0.5) is 5.13 Å². The first kappa shape index (κ1) is 8.40. The maximum absolute atomic E-state index is 5.56. The third-order valence-corrected chi connectivity index (χ3v) is 2.45. The van der Waals surface area contributed by atoms with Crippen LogP contribution in [0.15, 0.2) is 28.9 Å². The molecule has 2 rings (SSSR count). The number of hydrogen-bond acceptors (Lipinski definition) is 5. The lowest BCUT2D eigenvalue weighted by molar-refractivity contribution is 0.580. The van der Waals surface area contributed by atoms with E-state index in [-0.39, 0.29) is 0 Å². The third-order valence-electron chi connectivity index (χ3n) is 1.46. The topological polar surface area (TPSA) is 52.0 Å². The van der Waals surface area contributed by atoms with Gasteiger partial charge in [0.2, 0.25) is 0 Å². The molecule has 3 nitrogen and oxygen atoms in total. The number of nitrogens with zero attached hydrogens (tertiary/aromatic N) is 1. The van der Waals surface area contributed by atoms with Crippen LogP contribution in [0.3, 0.4) is 0 Å². The van der Waals surface area contributed by atoms with Crippen molar-refractivity contribution in [1.29, 1.82) is 0 Å². The predicted molar refractivity (Wildman–Crippen MR) is 55.1 cm³/mol. The van der Waals surface area contributed by atoms with Crippen LogP contribution in [0.2, 0.25) is 0 Å². The van der Waals surface area contributed by atoms with E-state index in [0.29, 0.717) is 20.4 Å². The van der Waals surface area contributed by atoms with Gasteiger partial charge in [-0.15, -0.1) is 0 Å². The average molecular weight is 210 g/mol. The SMILES string of the molecule is Nc1nc(-c2ccco2)cc(=S)s1. The highest BCUT2D eigenvalue weighted by Crippen LogP contribution is 2.21. The number of aromatic nitrogens is 1. The maximum Gasteiger partial charge on any atom is 0.181 e. The van der Waals surface area contributed by atoms with Crippen molar-refractivity contribution < 1.29 is 4.42 Å². The molecule has 0 aliphatic carbocycles. The van der Waals surface area contributed by atoms with E-state index in [1.807, 2.05) is 6.07 Å². The van der Waals surface area contributed by atoms with Crippen molar-refractivity contribution in [3.63, 3.8) is 0 Å². The molecule has 0 aromatic carbocycles. The molecule has 0 bridgehead atoms. The summed E-state index contributed by atoms with van der Waals surface area (Å²) < 4.78 is 5.88. The van der Waals surface area contributed by atoms with Crippen LogP contribution >= 0.6 is 23.6 Å². The van der Waals surface area contributed by atoms with Gasteiger partial charge in [-0.2, -0.15) is 0 Å². The zero-order valence-electron chi connectivity index (χ0n) is 6.56. The summed E-state index contributed by atoms with van der Waals surface area (Å²) in [7, 11) is 0. The van der Waals surface area contributed by atoms with E-state index in [2.05, 4.69) is 4.98 Å². The molecule has 2 aromatic heterocycles. The Balaban J connectivity index is 2.59. The van der Waals surface area contributed by atoms with Crippen LogP contribution in [0.5, 0.6) is 0 Å². The lowest BCUT2D eigenvalue weighted by Crippen LogP contribution is -1.88. The Morgan fingerprint density at radius 3 is 3.00 bits per heavy atom. The van der Waals surface area contributed by atoms with Gasteiger partial charge in [0.1, 0.15) is 5.69 Å². The summed E-state index contributed by atoms with van der Waals surface area (Å²) in [6.07, 6.45) is 1.59. The molecule has 13 heavy (non-hydrogen) atoms. The van der Waals surface area contributed by atoms with Gasteiger partial charge in [0.05, 0.1) is 10.1 Å². The molecule has 2 N–H and O–H groups in total. The Hall–Kier alpha value is -1.20. The van der Waals surface area contributed by atoms with E-state index in [9.17, 15) is 0 Å². The van der Waals surface area contributed by atoms with Gasteiger partial charge in [-0.25, -0.2) is 4.98 Å². The predicted octanol–water partition coefficient (Wildman–Crippen LogP) is 2.71.